The molecule has 1 fully saturated rings. The first-order valence-electron chi connectivity index (χ1n) is 10.9. The molecule has 2 aromatic rings. The third-order valence-electron chi connectivity index (χ3n) is 5.40. The molecule has 0 N–H and O–H groups in total. The van der Waals surface area contributed by atoms with Gasteiger partial charge in [-0.2, -0.15) is 0 Å². The Balaban J connectivity index is 1.77. The molecular weight excluding hydrogens is 392 g/mol. The smallest absolute Gasteiger partial charge is 0.282 e. The lowest BCUT2D eigenvalue weighted by Gasteiger charge is -2.21. The summed E-state index contributed by atoms with van der Waals surface area (Å²) in [6.07, 6.45) is 2.08. The van der Waals surface area contributed by atoms with Gasteiger partial charge in [0.2, 0.25) is 0 Å². The topological polar surface area (TPSA) is 59.1 Å². The number of carbonyl (C=O) groups is 2. The standard InChI is InChI=1S/C25H28N2O4/c1-4-30-21-10-6-5-9-20(21)27-24(28)22(23(25(27)29)26-15-7-8-16-26)18-11-13-19(14-12-18)31-17(2)3/h5-6,9-14,17H,4,7-8,15-16H2,1-3H3. The Labute approximate surface area is 183 Å². The number of amides is 2. The highest BCUT2D eigenvalue weighted by molar-refractivity contribution is 6.45. The molecule has 2 amide bonds. The van der Waals surface area contributed by atoms with Crippen LogP contribution in [0.15, 0.2) is 54.2 Å². The van der Waals surface area contributed by atoms with Gasteiger partial charge in [0, 0.05) is 13.1 Å². The lowest BCUT2D eigenvalue weighted by Crippen LogP contribution is -2.34. The molecular formula is C25H28N2O4. The zero-order valence-corrected chi connectivity index (χ0v) is 18.3. The van der Waals surface area contributed by atoms with Gasteiger partial charge >= 0.3 is 0 Å². The summed E-state index contributed by atoms with van der Waals surface area (Å²) >= 11 is 0. The summed E-state index contributed by atoms with van der Waals surface area (Å²) in [6, 6.07) is 14.6. The van der Waals surface area contributed by atoms with Crippen LogP contribution in [0, 0.1) is 0 Å². The Morgan fingerprint density at radius 3 is 2.26 bits per heavy atom. The van der Waals surface area contributed by atoms with Gasteiger partial charge in [-0.15, -0.1) is 0 Å². The summed E-state index contributed by atoms with van der Waals surface area (Å²) in [5, 5.41) is 0. The molecule has 0 radical (unpaired) electrons. The number of likely N-dealkylation sites (tertiary alicyclic amines) is 1. The Morgan fingerprint density at radius 2 is 1.61 bits per heavy atom. The average molecular weight is 421 g/mol. The molecule has 162 valence electrons. The first-order valence-corrected chi connectivity index (χ1v) is 10.9. The summed E-state index contributed by atoms with van der Waals surface area (Å²) in [5.41, 5.74) is 2.11. The number of hydrogen-bond acceptors (Lipinski definition) is 5. The van der Waals surface area contributed by atoms with Crippen LogP contribution in [0.4, 0.5) is 5.69 Å². The van der Waals surface area contributed by atoms with E-state index in [0.29, 0.717) is 34.9 Å². The molecule has 0 saturated carbocycles. The van der Waals surface area contributed by atoms with Crippen molar-refractivity contribution in [3.05, 3.63) is 59.8 Å². The molecule has 2 aliphatic heterocycles. The second-order valence-corrected chi connectivity index (χ2v) is 7.96. The predicted octanol–water partition coefficient (Wildman–Crippen LogP) is 4.25. The number of ether oxygens (including phenoxy) is 2. The molecule has 2 aliphatic rings. The Bertz CT molecular complexity index is 1000. The molecule has 0 spiro atoms. The number of rotatable bonds is 7. The van der Waals surface area contributed by atoms with E-state index in [1.54, 1.807) is 12.1 Å². The largest absolute Gasteiger partial charge is 0.492 e. The van der Waals surface area contributed by atoms with Crippen LogP contribution in [0.5, 0.6) is 11.5 Å². The molecule has 0 unspecified atom stereocenters. The molecule has 31 heavy (non-hydrogen) atoms. The SMILES string of the molecule is CCOc1ccccc1N1C(=O)C(c2ccc(OC(C)C)cc2)=C(N2CCCC2)C1=O. The van der Waals surface area contributed by atoms with Gasteiger partial charge in [0.05, 0.1) is 24.0 Å². The second kappa shape index (κ2) is 8.84. The molecule has 0 aromatic heterocycles. The number of hydrogen-bond donors (Lipinski definition) is 0. The van der Waals surface area contributed by atoms with Crippen molar-refractivity contribution >= 4 is 23.1 Å². The van der Waals surface area contributed by atoms with Gasteiger partial charge in [-0.25, -0.2) is 4.90 Å². The van der Waals surface area contributed by atoms with E-state index in [0.717, 1.165) is 31.7 Å². The van der Waals surface area contributed by atoms with Crippen molar-refractivity contribution in [2.75, 3.05) is 24.6 Å². The second-order valence-electron chi connectivity index (χ2n) is 7.96. The number of anilines is 1. The molecule has 0 bridgehead atoms. The van der Waals surface area contributed by atoms with E-state index < -0.39 is 0 Å². The van der Waals surface area contributed by atoms with Crippen molar-refractivity contribution in [2.24, 2.45) is 0 Å². The van der Waals surface area contributed by atoms with Crippen LogP contribution in [0.25, 0.3) is 5.57 Å². The van der Waals surface area contributed by atoms with Crippen LogP contribution in [0.2, 0.25) is 0 Å². The summed E-state index contributed by atoms with van der Waals surface area (Å²) in [7, 11) is 0. The van der Waals surface area contributed by atoms with Gasteiger partial charge in [-0.05, 0) is 63.4 Å². The Morgan fingerprint density at radius 1 is 0.935 bits per heavy atom. The maximum absolute atomic E-state index is 13.6. The van der Waals surface area contributed by atoms with Crippen molar-refractivity contribution in [1.29, 1.82) is 0 Å². The molecule has 0 atom stereocenters. The normalized spacial score (nSPS) is 16.6. The van der Waals surface area contributed by atoms with Gasteiger partial charge in [0.25, 0.3) is 11.8 Å². The Kier molecular flexibility index (Phi) is 5.98. The van der Waals surface area contributed by atoms with Crippen LogP contribution in [-0.4, -0.2) is 42.5 Å². The fourth-order valence-electron chi connectivity index (χ4n) is 4.12. The molecule has 0 aliphatic carbocycles. The number of nitrogens with zero attached hydrogens (tertiary/aromatic N) is 2. The lowest BCUT2D eigenvalue weighted by molar-refractivity contribution is -0.120. The lowest BCUT2D eigenvalue weighted by atomic mass is 10.0. The number of para-hydroxylation sites is 2. The minimum absolute atomic E-state index is 0.0606. The highest BCUT2D eigenvalue weighted by Gasteiger charge is 2.43. The number of carbonyl (C=O) groups excluding carboxylic acids is 2. The third-order valence-corrected chi connectivity index (χ3v) is 5.40. The quantitative estimate of drug-likeness (QED) is 0.627. The van der Waals surface area contributed by atoms with Gasteiger partial charge < -0.3 is 14.4 Å². The van der Waals surface area contributed by atoms with E-state index in [4.69, 9.17) is 9.47 Å². The molecule has 4 rings (SSSR count). The summed E-state index contributed by atoms with van der Waals surface area (Å²) in [4.78, 5) is 30.5. The first kappa shape index (κ1) is 21.0. The van der Waals surface area contributed by atoms with Gasteiger partial charge in [0.15, 0.2) is 0 Å². The Hall–Kier alpha value is -3.28. The average Bonchev–Trinajstić information content (AvgIpc) is 3.35. The van der Waals surface area contributed by atoms with E-state index in [-0.39, 0.29) is 17.9 Å². The van der Waals surface area contributed by atoms with Crippen LogP contribution in [-0.2, 0) is 9.59 Å². The minimum atomic E-state index is -0.323. The van der Waals surface area contributed by atoms with E-state index in [1.165, 1.54) is 4.90 Å². The van der Waals surface area contributed by atoms with Crippen LogP contribution in [0.1, 0.15) is 39.2 Å². The van der Waals surface area contributed by atoms with Crippen molar-refractivity contribution < 1.29 is 19.1 Å². The maximum Gasteiger partial charge on any atom is 0.282 e. The van der Waals surface area contributed by atoms with Crippen LogP contribution in [0.3, 0.4) is 0 Å². The predicted molar refractivity (Wildman–Crippen MR) is 120 cm³/mol. The van der Waals surface area contributed by atoms with Crippen LogP contribution < -0.4 is 14.4 Å². The molecule has 1 saturated heterocycles. The third kappa shape index (κ3) is 4.02. The highest BCUT2D eigenvalue weighted by Crippen LogP contribution is 2.39. The fraction of sp³-hybridized carbons (Fsp3) is 0.360. The van der Waals surface area contributed by atoms with E-state index >= 15 is 0 Å². The molecule has 2 aromatic carbocycles. The van der Waals surface area contributed by atoms with Gasteiger partial charge in [0.1, 0.15) is 17.2 Å². The van der Waals surface area contributed by atoms with Crippen molar-refractivity contribution in [3.63, 3.8) is 0 Å². The molecule has 6 nitrogen and oxygen atoms in total. The highest BCUT2D eigenvalue weighted by atomic mass is 16.5. The van der Waals surface area contributed by atoms with E-state index in [9.17, 15) is 9.59 Å². The zero-order chi connectivity index (χ0) is 22.0. The minimum Gasteiger partial charge on any atom is -0.492 e. The van der Waals surface area contributed by atoms with E-state index in [2.05, 4.69) is 0 Å². The molecule has 6 heteroatoms. The maximum atomic E-state index is 13.6. The van der Waals surface area contributed by atoms with Crippen molar-refractivity contribution in [3.8, 4) is 11.5 Å². The summed E-state index contributed by atoms with van der Waals surface area (Å²) < 4.78 is 11.4. The number of benzene rings is 2. The first-order chi connectivity index (χ1) is 15.0. The van der Waals surface area contributed by atoms with Crippen molar-refractivity contribution in [2.45, 2.75) is 39.7 Å². The van der Waals surface area contributed by atoms with Crippen LogP contribution >= 0.6 is 0 Å². The zero-order valence-electron chi connectivity index (χ0n) is 18.3. The number of imide groups is 1. The van der Waals surface area contributed by atoms with E-state index in [1.807, 2.05) is 62.1 Å². The van der Waals surface area contributed by atoms with Gasteiger partial charge in [-0.1, -0.05) is 24.3 Å². The molecule has 2 heterocycles. The summed E-state index contributed by atoms with van der Waals surface area (Å²) in [5.74, 6) is 0.639. The summed E-state index contributed by atoms with van der Waals surface area (Å²) in [6.45, 7) is 7.80. The van der Waals surface area contributed by atoms with Crippen molar-refractivity contribution in [1.82, 2.24) is 4.90 Å². The monoisotopic (exact) mass is 420 g/mol. The van der Waals surface area contributed by atoms with Gasteiger partial charge in [-0.3, -0.25) is 9.59 Å². The fourth-order valence-corrected chi connectivity index (χ4v) is 4.12.